The van der Waals surface area contributed by atoms with Crippen molar-refractivity contribution in [2.24, 2.45) is 5.73 Å². The predicted octanol–water partition coefficient (Wildman–Crippen LogP) is 3.58. The topological polar surface area (TPSA) is 35.2 Å². The zero-order valence-electron chi connectivity index (χ0n) is 10.2. The molecular formula is C14H17NOS. The van der Waals surface area contributed by atoms with Crippen molar-refractivity contribution in [1.82, 2.24) is 0 Å². The second-order valence-electron chi connectivity index (χ2n) is 3.93. The number of nitrogens with two attached hydrogens (primary N) is 1. The van der Waals surface area contributed by atoms with E-state index in [-0.39, 0.29) is 0 Å². The molecule has 0 saturated heterocycles. The van der Waals surface area contributed by atoms with E-state index in [1.54, 1.807) is 11.3 Å². The Kier molecular flexibility index (Phi) is 3.82. The Hall–Kier alpha value is -1.32. The quantitative estimate of drug-likeness (QED) is 0.896. The molecule has 0 spiro atoms. The van der Waals surface area contributed by atoms with E-state index >= 15 is 0 Å². The first-order valence-corrected chi connectivity index (χ1v) is 6.69. The van der Waals surface area contributed by atoms with E-state index < -0.39 is 0 Å². The van der Waals surface area contributed by atoms with Gasteiger partial charge in [0.2, 0.25) is 0 Å². The lowest BCUT2D eigenvalue weighted by Crippen LogP contribution is -1.97. The van der Waals surface area contributed by atoms with Crippen molar-refractivity contribution in [3.63, 3.8) is 0 Å². The van der Waals surface area contributed by atoms with Crippen LogP contribution in [-0.4, -0.2) is 6.61 Å². The van der Waals surface area contributed by atoms with Crippen LogP contribution < -0.4 is 10.5 Å². The highest BCUT2D eigenvalue weighted by Crippen LogP contribution is 2.30. The van der Waals surface area contributed by atoms with Gasteiger partial charge in [-0.2, -0.15) is 11.3 Å². The minimum atomic E-state index is 0.588. The molecule has 0 aliphatic heterocycles. The number of hydrogen-bond donors (Lipinski definition) is 1. The van der Waals surface area contributed by atoms with Crippen molar-refractivity contribution in [2.45, 2.75) is 20.4 Å². The molecule has 2 rings (SSSR count). The number of thiophene rings is 1. The van der Waals surface area contributed by atoms with Gasteiger partial charge in [-0.25, -0.2) is 0 Å². The lowest BCUT2D eigenvalue weighted by atomic mass is 10.0. The molecule has 0 saturated carbocycles. The number of benzene rings is 1. The van der Waals surface area contributed by atoms with Gasteiger partial charge in [0.15, 0.2) is 0 Å². The first-order chi connectivity index (χ1) is 8.26. The Morgan fingerprint density at radius 3 is 2.76 bits per heavy atom. The van der Waals surface area contributed by atoms with Crippen molar-refractivity contribution in [3.8, 4) is 16.9 Å². The fraction of sp³-hybridized carbons (Fsp3) is 0.286. The lowest BCUT2D eigenvalue weighted by Gasteiger charge is -2.09. The molecule has 2 aromatic rings. The number of rotatable bonds is 4. The van der Waals surface area contributed by atoms with Crippen LogP contribution in [0.5, 0.6) is 5.75 Å². The van der Waals surface area contributed by atoms with Crippen molar-refractivity contribution >= 4 is 11.3 Å². The van der Waals surface area contributed by atoms with Gasteiger partial charge < -0.3 is 10.5 Å². The molecule has 1 aromatic carbocycles. The summed E-state index contributed by atoms with van der Waals surface area (Å²) in [4.78, 5) is 0. The highest BCUT2D eigenvalue weighted by molar-refractivity contribution is 7.08. The van der Waals surface area contributed by atoms with E-state index in [1.165, 1.54) is 22.3 Å². The van der Waals surface area contributed by atoms with Crippen molar-refractivity contribution < 1.29 is 4.74 Å². The van der Waals surface area contributed by atoms with E-state index in [0.717, 1.165) is 5.75 Å². The molecule has 17 heavy (non-hydrogen) atoms. The van der Waals surface area contributed by atoms with E-state index in [2.05, 4.69) is 29.8 Å². The summed E-state index contributed by atoms with van der Waals surface area (Å²) in [6.07, 6.45) is 0. The average molecular weight is 247 g/mol. The fourth-order valence-electron chi connectivity index (χ4n) is 1.87. The molecule has 0 aliphatic rings. The number of ether oxygens (including phenoxy) is 1. The van der Waals surface area contributed by atoms with E-state index in [9.17, 15) is 0 Å². The summed E-state index contributed by atoms with van der Waals surface area (Å²) in [7, 11) is 0. The minimum Gasteiger partial charge on any atom is -0.494 e. The normalized spacial score (nSPS) is 10.5. The summed E-state index contributed by atoms with van der Waals surface area (Å²) in [6, 6.07) is 6.29. The SMILES string of the molecule is CCOc1ccc(-c2cscc2CN)cc1C. The van der Waals surface area contributed by atoms with Gasteiger partial charge in [0.1, 0.15) is 5.75 Å². The van der Waals surface area contributed by atoms with Crippen LogP contribution in [0.15, 0.2) is 29.0 Å². The second kappa shape index (κ2) is 5.34. The van der Waals surface area contributed by atoms with Gasteiger partial charge in [-0.1, -0.05) is 6.07 Å². The maximum Gasteiger partial charge on any atom is 0.122 e. The third-order valence-corrected chi connectivity index (χ3v) is 3.54. The van der Waals surface area contributed by atoms with Crippen LogP contribution in [-0.2, 0) is 6.54 Å². The minimum absolute atomic E-state index is 0.588. The van der Waals surface area contributed by atoms with Gasteiger partial charge in [0, 0.05) is 6.54 Å². The number of hydrogen-bond acceptors (Lipinski definition) is 3. The van der Waals surface area contributed by atoms with Crippen molar-refractivity contribution in [1.29, 1.82) is 0 Å². The number of aryl methyl sites for hydroxylation is 1. The molecule has 90 valence electrons. The molecule has 2 nitrogen and oxygen atoms in total. The summed E-state index contributed by atoms with van der Waals surface area (Å²) < 4.78 is 5.54. The van der Waals surface area contributed by atoms with Gasteiger partial charge in [0.25, 0.3) is 0 Å². The van der Waals surface area contributed by atoms with E-state index in [4.69, 9.17) is 10.5 Å². The monoisotopic (exact) mass is 247 g/mol. The van der Waals surface area contributed by atoms with E-state index in [0.29, 0.717) is 13.2 Å². The highest BCUT2D eigenvalue weighted by atomic mass is 32.1. The first kappa shape index (κ1) is 12.1. The van der Waals surface area contributed by atoms with Gasteiger partial charge >= 0.3 is 0 Å². The highest BCUT2D eigenvalue weighted by Gasteiger charge is 2.07. The molecule has 0 radical (unpaired) electrons. The lowest BCUT2D eigenvalue weighted by molar-refractivity contribution is 0.338. The summed E-state index contributed by atoms with van der Waals surface area (Å²) in [5, 5.41) is 4.26. The molecular weight excluding hydrogens is 230 g/mol. The molecule has 1 aromatic heterocycles. The molecule has 0 unspecified atom stereocenters. The Morgan fingerprint density at radius 2 is 2.12 bits per heavy atom. The molecule has 2 N–H and O–H groups in total. The van der Waals surface area contributed by atoms with Crippen LogP contribution in [0.2, 0.25) is 0 Å². The molecule has 0 bridgehead atoms. The first-order valence-electron chi connectivity index (χ1n) is 5.75. The average Bonchev–Trinajstić information content (AvgIpc) is 2.80. The van der Waals surface area contributed by atoms with E-state index in [1.807, 2.05) is 13.0 Å². The van der Waals surface area contributed by atoms with Crippen LogP contribution in [0.3, 0.4) is 0 Å². The Balaban J connectivity index is 2.37. The molecule has 3 heteroatoms. The maximum atomic E-state index is 5.73. The van der Waals surface area contributed by atoms with Gasteiger partial charge in [-0.05, 0) is 59.0 Å². The summed E-state index contributed by atoms with van der Waals surface area (Å²) in [5.74, 6) is 0.959. The van der Waals surface area contributed by atoms with Gasteiger partial charge in [-0.15, -0.1) is 0 Å². The fourth-order valence-corrected chi connectivity index (χ4v) is 2.75. The summed E-state index contributed by atoms with van der Waals surface area (Å²) in [5.41, 5.74) is 10.6. The van der Waals surface area contributed by atoms with Crippen molar-refractivity contribution in [3.05, 3.63) is 40.1 Å². The van der Waals surface area contributed by atoms with Crippen LogP contribution in [0.25, 0.3) is 11.1 Å². The maximum absolute atomic E-state index is 5.73. The Morgan fingerprint density at radius 1 is 1.29 bits per heavy atom. The molecule has 0 amide bonds. The van der Waals surface area contributed by atoms with Gasteiger partial charge in [-0.3, -0.25) is 0 Å². The summed E-state index contributed by atoms with van der Waals surface area (Å²) >= 11 is 1.69. The predicted molar refractivity (Wildman–Crippen MR) is 73.6 cm³/mol. The molecule has 0 fully saturated rings. The van der Waals surface area contributed by atoms with Crippen molar-refractivity contribution in [2.75, 3.05) is 6.61 Å². The smallest absolute Gasteiger partial charge is 0.122 e. The standard InChI is InChI=1S/C14H17NOS/c1-3-16-14-5-4-11(6-10(14)2)13-9-17-8-12(13)7-15/h4-6,8-9H,3,7,15H2,1-2H3. The molecule has 1 heterocycles. The third-order valence-electron chi connectivity index (χ3n) is 2.75. The molecule has 0 atom stereocenters. The third kappa shape index (κ3) is 2.51. The second-order valence-corrected chi connectivity index (χ2v) is 4.67. The Labute approximate surface area is 106 Å². The zero-order chi connectivity index (χ0) is 12.3. The molecule has 0 aliphatic carbocycles. The summed E-state index contributed by atoms with van der Waals surface area (Å²) in [6.45, 7) is 5.36. The van der Waals surface area contributed by atoms with Crippen LogP contribution in [0.4, 0.5) is 0 Å². The van der Waals surface area contributed by atoms with Crippen LogP contribution in [0, 0.1) is 6.92 Å². The Bertz CT molecular complexity index is 505. The van der Waals surface area contributed by atoms with Crippen LogP contribution >= 0.6 is 11.3 Å². The largest absolute Gasteiger partial charge is 0.494 e. The van der Waals surface area contributed by atoms with Crippen LogP contribution in [0.1, 0.15) is 18.1 Å². The van der Waals surface area contributed by atoms with Gasteiger partial charge in [0.05, 0.1) is 6.61 Å². The zero-order valence-corrected chi connectivity index (χ0v) is 11.0.